The number of amides is 1. The molecule has 122 valence electrons. The molecule has 0 fully saturated rings. The number of hydrogen-bond acceptors (Lipinski definition) is 3. The zero-order valence-electron chi connectivity index (χ0n) is 13.8. The highest BCUT2D eigenvalue weighted by atomic mass is 32.1. The van der Waals surface area contributed by atoms with Crippen molar-refractivity contribution in [1.82, 2.24) is 4.57 Å². The van der Waals surface area contributed by atoms with E-state index < -0.39 is 0 Å². The molecule has 0 radical (unpaired) electrons. The molecule has 1 heterocycles. The maximum absolute atomic E-state index is 12.3. The minimum absolute atomic E-state index is 0.228. The van der Waals surface area contributed by atoms with E-state index in [4.69, 9.17) is 4.74 Å². The van der Waals surface area contributed by atoms with E-state index in [-0.39, 0.29) is 5.91 Å². The summed E-state index contributed by atoms with van der Waals surface area (Å²) in [5.41, 5.74) is 2.72. The number of methoxy groups -OCH3 is 1. The Morgan fingerprint density at radius 2 is 1.75 bits per heavy atom. The summed E-state index contributed by atoms with van der Waals surface area (Å²) in [5, 5.41) is 0. The zero-order chi connectivity index (χ0) is 17.1. The topological polar surface area (TPSA) is 43.6 Å². The Kier molecular flexibility index (Phi) is 4.62. The first-order chi connectivity index (χ1) is 11.6. The molecule has 0 N–H and O–H groups in total. The number of carbonyl (C=O) groups is 1. The molecular weight excluding hydrogens is 320 g/mol. The fraction of sp³-hybridized carbons (Fsp3) is 0.158. The average molecular weight is 338 g/mol. The first-order valence-electron chi connectivity index (χ1n) is 7.55. The van der Waals surface area contributed by atoms with Crippen LogP contribution in [0.3, 0.4) is 0 Å². The van der Waals surface area contributed by atoms with Gasteiger partial charge < -0.3 is 9.30 Å². The van der Waals surface area contributed by atoms with Gasteiger partial charge in [-0.1, -0.05) is 18.2 Å². The minimum atomic E-state index is -0.228. The molecule has 0 bridgehead atoms. The average Bonchev–Trinajstić information content (AvgIpc) is 2.89. The summed E-state index contributed by atoms with van der Waals surface area (Å²) >= 11 is 1.51. The van der Waals surface area contributed by atoms with Gasteiger partial charge in [-0.3, -0.25) is 4.79 Å². The highest BCUT2D eigenvalue weighted by Crippen LogP contribution is 2.26. The van der Waals surface area contributed by atoms with Gasteiger partial charge in [0.15, 0.2) is 4.80 Å². The Hall–Kier alpha value is -2.66. The van der Waals surface area contributed by atoms with E-state index in [0.717, 1.165) is 21.9 Å². The third-order valence-electron chi connectivity index (χ3n) is 3.78. The first kappa shape index (κ1) is 16.2. The van der Waals surface area contributed by atoms with Gasteiger partial charge in [0.1, 0.15) is 5.75 Å². The molecule has 0 saturated heterocycles. The van der Waals surface area contributed by atoms with Crippen molar-refractivity contribution in [2.24, 2.45) is 12.0 Å². The summed E-state index contributed by atoms with van der Waals surface area (Å²) in [4.78, 5) is 18.4. The lowest BCUT2D eigenvalue weighted by molar-refractivity contribution is 0.0998. The van der Waals surface area contributed by atoms with Crippen LogP contribution in [0.2, 0.25) is 0 Å². The van der Waals surface area contributed by atoms with E-state index in [9.17, 15) is 4.79 Å². The lowest BCUT2D eigenvalue weighted by Gasteiger charge is -2.06. The number of ether oxygens (including phenoxy) is 1. The molecule has 0 saturated carbocycles. The minimum Gasteiger partial charge on any atom is -0.497 e. The predicted molar refractivity (Wildman–Crippen MR) is 96.4 cm³/mol. The van der Waals surface area contributed by atoms with Crippen molar-refractivity contribution in [3.63, 3.8) is 0 Å². The molecule has 2 aromatic carbocycles. The maximum atomic E-state index is 12.3. The summed E-state index contributed by atoms with van der Waals surface area (Å²) in [6.45, 7) is 2.04. The van der Waals surface area contributed by atoms with Gasteiger partial charge in [-0.15, -0.1) is 11.3 Å². The molecule has 4 nitrogen and oxygen atoms in total. The Labute approximate surface area is 144 Å². The molecule has 0 unspecified atom stereocenters. The van der Waals surface area contributed by atoms with Crippen LogP contribution in [0.25, 0.3) is 11.3 Å². The summed E-state index contributed by atoms with van der Waals surface area (Å²) in [6.07, 6.45) is 0. The third kappa shape index (κ3) is 3.16. The molecule has 0 atom stereocenters. The van der Waals surface area contributed by atoms with Crippen LogP contribution in [0.15, 0.2) is 59.6 Å². The SMILES string of the molecule is COc1ccc(-c2c(C)sc(=NC(=O)c3ccccc3)n2C)cc1. The maximum Gasteiger partial charge on any atom is 0.279 e. The smallest absolute Gasteiger partial charge is 0.279 e. The molecule has 0 aliphatic carbocycles. The second-order valence-electron chi connectivity index (χ2n) is 5.36. The number of benzene rings is 2. The van der Waals surface area contributed by atoms with E-state index in [2.05, 4.69) is 4.99 Å². The molecule has 0 spiro atoms. The first-order valence-corrected chi connectivity index (χ1v) is 8.36. The molecule has 3 aromatic rings. The Bertz CT molecular complexity index is 922. The summed E-state index contributed by atoms with van der Waals surface area (Å²) in [6, 6.07) is 17.0. The summed E-state index contributed by atoms with van der Waals surface area (Å²) in [7, 11) is 3.58. The van der Waals surface area contributed by atoms with Gasteiger partial charge in [-0.25, -0.2) is 0 Å². The van der Waals surface area contributed by atoms with Crippen molar-refractivity contribution in [1.29, 1.82) is 0 Å². The van der Waals surface area contributed by atoms with Gasteiger partial charge in [0.2, 0.25) is 0 Å². The molecule has 0 aliphatic rings. The van der Waals surface area contributed by atoms with E-state index in [1.165, 1.54) is 11.3 Å². The fourth-order valence-corrected chi connectivity index (χ4v) is 3.54. The van der Waals surface area contributed by atoms with Crippen LogP contribution in [0, 0.1) is 6.92 Å². The summed E-state index contributed by atoms with van der Waals surface area (Å²) < 4.78 is 7.17. The van der Waals surface area contributed by atoms with Crippen LogP contribution in [0.5, 0.6) is 5.75 Å². The van der Waals surface area contributed by atoms with Crippen molar-refractivity contribution in [2.75, 3.05) is 7.11 Å². The normalized spacial score (nSPS) is 11.5. The lowest BCUT2D eigenvalue weighted by Crippen LogP contribution is -2.14. The number of aromatic nitrogens is 1. The van der Waals surface area contributed by atoms with Gasteiger partial charge in [0.05, 0.1) is 12.8 Å². The monoisotopic (exact) mass is 338 g/mol. The highest BCUT2D eigenvalue weighted by Gasteiger charge is 2.11. The van der Waals surface area contributed by atoms with E-state index >= 15 is 0 Å². The molecule has 0 aliphatic heterocycles. The number of rotatable bonds is 3. The van der Waals surface area contributed by atoms with Gasteiger partial charge in [0.25, 0.3) is 5.91 Å². The van der Waals surface area contributed by atoms with Gasteiger partial charge in [-0.2, -0.15) is 4.99 Å². The van der Waals surface area contributed by atoms with E-state index in [1.54, 1.807) is 19.2 Å². The predicted octanol–water partition coefficient (Wildman–Crippen LogP) is 3.81. The number of nitrogens with zero attached hydrogens (tertiary/aromatic N) is 2. The fourth-order valence-electron chi connectivity index (χ4n) is 2.56. The van der Waals surface area contributed by atoms with Crippen molar-refractivity contribution in [3.8, 4) is 17.0 Å². The highest BCUT2D eigenvalue weighted by molar-refractivity contribution is 7.09. The number of aryl methyl sites for hydroxylation is 1. The third-order valence-corrected chi connectivity index (χ3v) is 4.83. The van der Waals surface area contributed by atoms with E-state index in [1.807, 2.05) is 61.0 Å². The van der Waals surface area contributed by atoms with Crippen LogP contribution in [-0.4, -0.2) is 17.6 Å². The van der Waals surface area contributed by atoms with Crippen LogP contribution in [0.1, 0.15) is 15.2 Å². The molecular formula is C19H18N2O2S. The lowest BCUT2D eigenvalue weighted by atomic mass is 10.1. The van der Waals surface area contributed by atoms with Crippen LogP contribution in [0.4, 0.5) is 0 Å². The zero-order valence-corrected chi connectivity index (χ0v) is 14.6. The van der Waals surface area contributed by atoms with Crippen LogP contribution < -0.4 is 9.54 Å². The van der Waals surface area contributed by atoms with Gasteiger partial charge in [-0.05, 0) is 48.9 Å². The molecule has 24 heavy (non-hydrogen) atoms. The van der Waals surface area contributed by atoms with Crippen LogP contribution >= 0.6 is 11.3 Å². The van der Waals surface area contributed by atoms with Crippen molar-refractivity contribution >= 4 is 17.2 Å². The number of hydrogen-bond donors (Lipinski definition) is 0. The van der Waals surface area contributed by atoms with Crippen molar-refractivity contribution in [2.45, 2.75) is 6.92 Å². The Morgan fingerprint density at radius 1 is 1.08 bits per heavy atom. The standard InChI is InChI=1S/C19H18N2O2S/c1-13-17(14-9-11-16(23-3)12-10-14)21(2)19(24-13)20-18(22)15-7-5-4-6-8-15/h4-12H,1-3H3. The largest absolute Gasteiger partial charge is 0.497 e. The Balaban J connectivity index is 2.03. The summed E-state index contributed by atoms with van der Waals surface area (Å²) in [5.74, 6) is 0.590. The second-order valence-corrected chi connectivity index (χ2v) is 6.54. The van der Waals surface area contributed by atoms with Crippen molar-refractivity contribution < 1.29 is 9.53 Å². The Morgan fingerprint density at radius 3 is 2.38 bits per heavy atom. The van der Waals surface area contributed by atoms with E-state index in [0.29, 0.717) is 10.4 Å². The molecule has 1 amide bonds. The van der Waals surface area contributed by atoms with Gasteiger partial charge >= 0.3 is 0 Å². The van der Waals surface area contributed by atoms with Crippen LogP contribution in [-0.2, 0) is 7.05 Å². The van der Waals surface area contributed by atoms with Gasteiger partial charge in [0, 0.05) is 17.5 Å². The molecule has 5 heteroatoms. The second kappa shape index (κ2) is 6.84. The number of thiazole rings is 1. The quantitative estimate of drug-likeness (QED) is 0.729. The van der Waals surface area contributed by atoms with Crippen molar-refractivity contribution in [3.05, 3.63) is 69.8 Å². The molecule has 1 aromatic heterocycles. The molecule has 3 rings (SSSR count). The number of carbonyl (C=O) groups excluding carboxylic acids is 1.